The molecule has 0 spiro atoms. The summed E-state index contributed by atoms with van der Waals surface area (Å²) in [5, 5.41) is 2.99. The van der Waals surface area contributed by atoms with Crippen LogP contribution in [0.15, 0.2) is 17.1 Å². The van der Waals surface area contributed by atoms with E-state index in [1.165, 1.54) is 12.8 Å². The van der Waals surface area contributed by atoms with Crippen molar-refractivity contribution in [3.05, 3.63) is 12.2 Å². The lowest BCUT2D eigenvalue weighted by Gasteiger charge is -2.06. The van der Waals surface area contributed by atoms with Crippen LogP contribution in [0.2, 0.25) is 0 Å². The summed E-state index contributed by atoms with van der Waals surface area (Å²) in [6, 6.07) is 0. The molecule has 4 nitrogen and oxygen atoms in total. The van der Waals surface area contributed by atoms with E-state index >= 15 is 0 Å². The second-order valence-electron chi connectivity index (χ2n) is 4.10. The van der Waals surface area contributed by atoms with E-state index in [0.717, 1.165) is 24.6 Å². The van der Waals surface area contributed by atoms with E-state index in [0.29, 0.717) is 19.1 Å². The van der Waals surface area contributed by atoms with Gasteiger partial charge in [-0.1, -0.05) is 12.2 Å². The number of hydrogen-bond acceptors (Lipinski definition) is 2. The van der Waals surface area contributed by atoms with Crippen LogP contribution < -0.4 is 11.1 Å². The molecule has 0 heterocycles. The van der Waals surface area contributed by atoms with Gasteiger partial charge in [-0.2, -0.15) is 0 Å². The van der Waals surface area contributed by atoms with Gasteiger partial charge in [-0.05, 0) is 25.7 Å². The zero-order chi connectivity index (χ0) is 11.1. The maximum Gasteiger partial charge on any atom is 0.188 e. The van der Waals surface area contributed by atoms with Gasteiger partial charge in [-0.3, -0.25) is 0 Å². The molecular weight excluding hydrogens is 190 g/mol. The molecule has 15 heavy (non-hydrogen) atoms. The molecular formula is C11H21N3O. The highest BCUT2D eigenvalue weighted by Gasteiger charge is 2.20. The van der Waals surface area contributed by atoms with E-state index in [-0.39, 0.29) is 0 Å². The predicted octanol–water partition coefficient (Wildman–Crippen LogP) is 0.893. The molecule has 0 aromatic carbocycles. The lowest BCUT2D eigenvalue weighted by Crippen LogP contribution is -2.34. The van der Waals surface area contributed by atoms with Crippen LogP contribution in [0, 0.1) is 5.92 Å². The van der Waals surface area contributed by atoms with E-state index in [1.807, 2.05) is 6.92 Å². The third-order valence-corrected chi connectivity index (χ3v) is 2.12. The summed E-state index contributed by atoms with van der Waals surface area (Å²) >= 11 is 0. The summed E-state index contributed by atoms with van der Waals surface area (Å²) in [4.78, 5) is 4.10. The fourth-order valence-corrected chi connectivity index (χ4v) is 1.06. The van der Waals surface area contributed by atoms with Gasteiger partial charge in [-0.15, -0.1) is 0 Å². The quantitative estimate of drug-likeness (QED) is 0.284. The van der Waals surface area contributed by atoms with Gasteiger partial charge in [0.05, 0.1) is 13.2 Å². The maximum atomic E-state index is 5.62. The first-order valence-corrected chi connectivity index (χ1v) is 5.44. The Morgan fingerprint density at radius 2 is 2.33 bits per heavy atom. The van der Waals surface area contributed by atoms with Crippen LogP contribution in [0.1, 0.15) is 19.8 Å². The third kappa shape index (κ3) is 6.96. The zero-order valence-electron chi connectivity index (χ0n) is 9.46. The third-order valence-electron chi connectivity index (χ3n) is 2.12. The molecule has 0 aromatic rings. The summed E-state index contributed by atoms with van der Waals surface area (Å²) in [5.74, 6) is 1.28. The minimum Gasteiger partial charge on any atom is -0.379 e. The van der Waals surface area contributed by atoms with Crippen molar-refractivity contribution in [2.24, 2.45) is 16.6 Å². The van der Waals surface area contributed by atoms with E-state index < -0.39 is 0 Å². The number of hydrogen-bond donors (Lipinski definition) is 2. The zero-order valence-corrected chi connectivity index (χ0v) is 9.46. The summed E-state index contributed by atoms with van der Waals surface area (Å²) in [7, 11) is 0. The molecule has 1 aliphatic carbocycles. The monoisotopic (exact) mass is 211 g/mol. The van der Waals surface area contributed by atoms with Crippen molar-refractivity contribution >= 4 is 5.96 Å². The summed E-state index contributed by atoms with van der Waals surface area (Å²) in [6.07, 6.45) is 2.66. The summed E-state index contributed by atoms with van der Waals surface area (Å²) in [5.41, 5.74) is 6.62. The molecule has 1 rings (SSSR count). The van der Waals surface area contributed by atoms with Crippen LogP contribution in [0.3, 0.4) is 0 Å². The minimum absolute atomic E-state index is 0.466. The van der Waals surface area contributed by atoms with E-state index in [1.54, 1.807) is 0 Å². The number of nitrogens with one attached hydrogen (secondary N) is 1. The van der Waals surface area contributed by atoms with Gasteiger partial charge in [-0.25, -0.2) is 4.99 Å². The van der Waals surface area contributed by atoms with Gasteiger partial charge in [0.1, 0.15) is 0 Å². The molecule has 86 valence electrons. The second-order valence-corrected chi connectivity index (χ2v) is 4.10. The van der Waals surface area contributed by atoms with Crippen molar-refractivity contribution in [1.82, 2.24) is 5.32 Å². The Hall–Kier alpha value is -1.03. The number of aliphatic imine (C=N–C) groups is 1. The van der Waals surface area contributed by atoms with Crippen molar-refractivity contribution in [2.75, 3.05) is 26.3 Å². The van der Waals surface area contributed by atoms with E-state index in [2.05, 4.69) is 16.9 Å². The SMILES string of the molecule is C=C(C)CN=C(N)NCCOCC1CC1. The smallest absolute Gasteiger partial charge is 0.188 e. The molecule has 0 aliphatic heterocycles. The molecule has 1 aliphatic rings. The van der Waals surface area contributed by atoms with E-state index in [4.69, 9.17) is 10.5 Å². The van der Waals surface area contributed by atoms with Crippen LogP contribution in [0.4, 0.5) is 0 Å². The lowest BCUT2D eigenvalue weighted by atomic mass is 10.4. The van der Waals surface area contributed by atoms with Gasteiger partial charge >= 0.3 is 0 Å². The predicted molar refractivity (Wildman–Crippen MR) is 62.8 cm³/mol. The minimum atomic E-state index is 0.466. The highest BCUT2D eigenvalue weighted by atomic mass is 16.5. The summed E-state index contributed by atoms with van der Waals surface area (Å²) in [6.45, 7) is 8.57. The van der Waals surface area contributed by atoms with Gasteiger partial charge < -0.3 is 15.8 Å². The molecule has 0 saturated heterocycles. The molecule has 3 N–H and O–H groups in total. The normalized spacial score (nSPS) is 16.5. The Morgan fingerprint density at radius 1 is 1.60 bits per heavy atom. The Morgan fingerprint density at radius 3 is 2.93 bits per heavy atom. The van der Waals surface area contributed by atoms with Gasteiger partial charge in [0.15, 0.2) is 5.96 Å². The lowest BCUT2D eigenvalue weighted by molar-refractivity contribution is 0.129. The molecule has 0 unspecified atom stereocenters. The van der Waals surface area contributed by atoms with Gasteiger partial charge in [0, 0.05) is 13.2 Å². The maximum absolute atomic E-state index is 5.62. The number of nitrogens with two attached hydrogens (primary N) is 1. The largest absolute Gasteiger partial charge is 0.379 e. The number of guanidine groups is 1. The average molecular weight is 211 g/mol. The fraction of sp³-hybridized carbons (Fsp3) is 0.727. The molecule has 0 radical (unpaired) electrons. The molecule has 0 amide bonds. The van der Waals surface area contributed by atoms with Crippen molar-refractivity contribution in [3.63, 3.8) is 0 Å². The molecule has 1 saturated carbocycles. The van der Waals surface area contributed by atoms with Gasteiger partial charge in [0.25, 0.3) is 0 Å². The number of nitrogens with zero attached hydrogens (tertiary/aromatic N) is 1. The average Bonchev–Trinajstić information content (AvgIpc) is 2.98. The Kier molecular flexibility index (Phi) is 5.18. The van der Waals surface area contributed by atoms with Gasteiger partial charge in [0.2, 0.25) is 0 Å². The molecule has 1 fully saturated rings. The molecule has 0 atom stereocenters. The first kappa shape index (κ1) is 12.0. The molecule has 0 aromatic heterocycles. The highest BCUT2D eigenvalue weighted by molar-refractivity contribution is 5.77. The Balaban J connectivity index is 1.92. The molecule has 4 heteroatoms. The van der Waals surface area contributed by atoms with Crippen LogP contribution in [0.25, 0.3) is 0 Å². The van der Waals surface area contributed by atoms with E-state index in [9.17, 15) is 0 Å². The summed E-state index contributed by atoms with van der Waals surface area (Å²) < 4.78 is 5.44. The van der Waals surface area contributed by atoms with Crippen LogP contribution in [-0.2, 0) is 4.74 Å². The molecule has 0 bridgehead atoms. The highest BCUT2D eigenvalue weighted by Crippen LogP contribution is 2.28. The Bertz CT molecular complexity index is 234. The van der Waals surface area contributed by atoms with Crippen LogP contribution in [-0.4, -0.2) is 32.3 Å². The van der Waals surface area contributed by atoms with Crippen LogP contribution >= 0.6 is 0 Å². The Labute approximate surface area is 91.6 Å². The van der Waals surface area contributed by atoms with Crippen molar-refractivity contribution < 1.29 is 4.74 Å². The topological polar surface area (TPSA) is 59.6 Å². The fourth-order valence-electron chi connectivity index (χ4n) is 1.06. The van der Waals surface area contributed by atoms with Crippen molar-refractivity contribution in [2.45, 2.75) is 19.8 Å². The first-order valence-electron chi connectivity index (χ1n) is 5.44. The van der Waals surface area contributed by atoms with Crippen molar-refractivity contribution in [3.8, 4) is 0 Å². The number of ether oxygens (including phenoxy) is 1. The standard InChI is InChI=1S/C11H21N3O/c1-9(2)7-14-11(12)13-5-6-15-8-10-3-4-10/h10H,1,3-8H2,2H3,(H3,12,13,14). The van der Waals surface area contributed by atoms with Crippen LogP contribution in [0.5, 0.6) is 0 Å². The second kappa shape index (κ2) is 6.45. The first-order chi connectivity index (χ1) is 7.18. The van der Waals surface area contributed by atoms with Crippen molar-refractivity contribution in [1.29, 1.82) is 0 Å². The number of rotatable bonds is 7.